The molecule has 1 aromatic rings. The molecule has 1 aliphatic rings. The maximum atomic E-state index is 3.60. The van der Waals surface area contributed by atoms with Gasteiger partial charge in [0.1, 0.15) is 0 Å². The average molecular weight is 288 g/mol. The van der Waals surface area contributed by atoms with E-state index in [1.165, 1.54) is 51.0 Å². The van der Waals surface area contributed by atoms with Crippen LogP contribution in [0.15, 0.2) is 30.3 Å². The number of nitrogens with zero attached hydrogens (tertiary/aromatic N) is 1. The van der Waals surface area contributed by atoms with Crippen molar-refractivity contribution in [3.8, 4) is 0 Å². The van der Waals surface area contributed by atoms with Crippen LogP contribution in [0.3, 0.4) is 0 Å². The molecule has 2 heteroatoms. The molecule has 0 spiro atoms. The van der Waals surface area contributed by atoms with Gasteiger partial charge in [0.25, 0.3) is 0 Å². The smallest absolute Gasteiger partial charge is 0.00218 e. The van der Waals surface area contributed by atoms with Gasteiger partial charge in [-0.3, -0.25) is 0 Å². The van der Waals surface area contributed by atoms with E-state index in [1.54, 1.807) is 0 Å². The van der Waals surface area contributed by atoms with Crippen LogP contribution in [-0.2, 0) is 0 Å². The number of likely N-dealkylation sites (tertiary alicyclic amines) is 1. The van der Waals surface area contributed by atoms with E-state index in [2.05, 4.69) is 61.3 Å². The Bertz CT molecular complexity index is 388. The van der Waals surface area contributed by atoms with Crippen LogP contribution in [0.25, 0.3) is 0 Å². The van der Waals surface area contributed by atoms with Crippen molar-refractivity contribution in [1.82, 2.24) is 10.2 Å². The first-order valence-electron chi connectivity index (χ1n) is 8.66. The zero-order chi connectivity index (χ0) is 15.1. The average Bonchev–Trinajstić information content (AvgIpc) is 2.52. The molecule has 0 saturated carbocycles. The highest BCUT2D eigenvalue weighted by atomic mass is 15.1. The summed E-state index contributed by atoms with van der Waals surface area (Å²) in [4.78, 5) is 2.68. The van der Waals surface area contributed by atoms with Crippen molar-refractivity contribution in [3.63, 3.8) is 0 Å². The van der Waals surface area contributed by atoms with Crippen molar-refractivity contribution < 1.29 is 0 Å². The van der Waals surface area contributed by atoms with Crippen LogP contribution in [0.5, 0.6) is 0 Å². The third-order valence-corrected chi connectivity index (χ3v) is 4.66. The first-order valence-corrected chi connectivity index (χ1v) is 8.66. The van der Waals surface area contributed by atoms with Crippen molar-refractivity contribution in [2.24, 2.45) is 5.92 Å². The Balaban J connectivity index is 1.72. The molecule has 1 saturated heterocycles. The minimum atomic E-state index is 0.610. The van der Waals surface area contributed by atoms with Crippen LogP contribution in [0.1, 0.15) is 51.5 Å². The minimum Gasteiger partial charge on any atom is -0.314 e. The number of benzene rings is 1. The molecule has 0 aliphatic carbocycles. The van der Waals surface area contributed by atoms with Crippen LogP contribution < -0.4 is 5.32 Å². The van der Waals surface area contributed by atoms with E-state index in [0.717, 1.165) is 5.92 Å². The molecular weight excluding hydrogens is 256 g/mol. The monoisotopic (exact) mass is 288 g/mol. The largest absolute Gasteiger partial charge is 0.314 e. The molecule has 0 bridgehead atoms. The quantitative estimate of drug-likeness (QED) is 0.819. The molecule has 118 valence electrons. The highest BCUT2D eigenvalue weighted by Gasteiger charge is 2.20. The summed E-state index contributed by atoms with van der Waals surface area (Å²) in [5, 5.41) is 3.60. The van der Waals surface area contributed by atoms with Crippen LogP contribution in [0, 0.1) is 5.92 Å². The van der Waals surface area contributed by atoms with Gasteiger partial charge in [-0.05, 0) is 56.3 Å². The summed E-state index contributed by atoms with van der Waals surface area (Å²) in [5.74, 6) is 1.51. The maximum absolute atomic E-state index is 3.60. The van der Waals surface area contributed by atoms with Crippen LogP contribution in [0.2, 0.25) is 0 Å². The zero-order valence-corrected chi connectivity index (χ0v) is 14.0. The fourth-order valence-corrected chi connectivity index (χ4v) is 3.25. The summed E-state index contributed by atoms with van der Waals surface area (Å²) < 4.78 is 0. The van der Waals surface area contributed by atoms with E-state index in [9.17, 15) is 0 Å². The van der Waals surface area contributed by atoms with Crippen LogP contribution in [-0.4, -0.2) is 37.1 Å². The molecule has 2 rings (SSSR count). The lowest BCUT2D eigenvalue weighted by Crippen LogP contribution is -2.41. The summed E-state index contributed by atoms with van der Waals surface area (Å²) in [6.45, 7) is 11.8. The molecule has 1 aliphatic heterocycles. The van der Waals surface area contributed by atoms with Crippen molar-refractivity contribution in [3.05, 3.63) is 35.9 Å². The van der Waals surface area contributed by atoms with Gasteiger partial charge in [-0.2, -0.15) is 0 Å². The predicted octanol–water partition coefficient (Wildman–Crippen LogP) is 3.89. The van der Waals surface area contributed by atoms with Gasteiger partial charge in [-0.1, -0.05) is 51.1 Å². The first kappa shape index (κ1) is 16.5. The molecule has 0 radical (unpaired) electrons. The van der Waals surface area contributed by atoms with E-state index in [0.29, 0.717) is 12.0 Å². The number of hydrogen-bond acceptors (Lipinski definition) is 2. The Kier molecular flexibility index (Phi) is 6.72. The van der Waals surface area contributed by atoms with Crippen molar-refractivity contribution in [2.45, 2.75) is 52.0 Å². The summed E-state index contributed by atoms with van der Waals surface area (Å²) in [6.07, 6.45) is 4.03. The Morgan fingerprint density at radius 1 is 1.19 bits per heavy atom. The number of piperidine rings is 1. The number of nitrogens with one attached hydrogen (secondary N) is 1. The lowest BCUT2D eigenvalue weighted by molar-refractivity contribution is 0.166. The first-order chi connectivity index (χ1) is 10.1. The molecule has 2 unspecified atom stereocenters. The lowest BCUT2D eigenvalue weighted by Gasteiger charge is -2.34. The predicted molar refractivity (Wildman–Crippen MR) is 91.8 cm³/mol. The second kappa shape index (κ2) is 8.55. The van der Waals surface area contributed by atoms with Gasteiger partial charge in [0, 0.05) is 12.6 Å². The van der Waals surface area contributed by atoms with E-state index in [1.807, 2.05) is 0 Å². The Hall–Kier alpha value is -0.860. The Labute approximate surface area is 130 Å². The minimum absolute atomic E-state index is 0.610. The van der Waals surface area contributed by atoms with Gasteiger partial charge in [0.05, 0.1) is 0 Å². The second-order valence-corrected chi connectivity index (χ2v) is 6.97. The van der Waals surface area contributed by atoms with Gasteiger partial charge in [-0.25, -0.2) is 0 Å². The zero-order valence-electron chi connectivity index (χ0n) is 14.0. The number of hydrogen-bond donors (Lipinski definition) is 1. The summed E-state index contributed by atoms with van der Waals surface area (Å²) in [7, 11) is 0. The Morgan fingerprint density at radius 2 is 1.95 bits per heavy atom. The highest BCUT2D eigenvalue weighted by molar-refractivity contribution is 5.18. The molecule has 1 fully saturated rings. The van der Waals surface area contributed by atoms with Crippen molar-refractivity contribution >= 4 is 0 Å². The third kappa shape index (κ3) is 5.80. The molecule has 1 aromatic carbocycles. The number of rotatable bonds is 7. The summed E-state index contributed by atoms with van der Waals surface area (Å²) in [5.41, 5.74) is 1.48. The van der Waals surface area contributed by atoms with E-state index in [-0.39, 0.29) is 0 Å². The van der Waals surface area contributed by atoms with Gasteiger partial charge < -0.3 is 10.2 Å². The summed E-state index contributed by atoms with van der Waals surface area (Å²) in [6, 6.07) is 11.5. The van der Waals surface area contributed by atoms with Crippen molar-refractivity contribution in [2.75, 3.05) is 26.2 Å². The van der Waals surface area contributed by atoms with Gasteiger partial charge >= 0.3 is 0 Å². The van der Waals surface area contributed by atoms with E-state index >= 15 is 0 Å². The topological polar surface area (TPSA) is 15.3 Å². The van der Waals surface area contributed by atoms with E-state index in [4.69, 9.17) is 0 Å². The normalized spacial score (nSPS) is 21.6. The maximum Gasteiger partial charge on any atom is 0.00218 e. The Morgan fingerprint density at radius 3 is 2.67 bits per heavy atom. The molecule has 1 N–H and O–H groups in total. The van der Waals surface area contributed by atoms with Gasteiger partial charge in [0.2, 0.25) is 0 Å². The molecule has 0 aromatic heterocycles. The van der Waals surface area contributed by atoms with Gasteiger partial charge in [-0.15, -0.1) is 0 Å². The fourth-order valence-electron chi connectivity index (χ4n) is 3.25. The molecule has 0 amide bonds. The molecular formula is C19H32N2. The molecule has 2 atom stereocenters. The lowest BCUT2D eigenvalue weighted by atomic mass is 9.95. The van der Waals surface area contributed by atoms with Crippen molar-refractivity contribution in [1.29, 1.82) is 0 Å². The fraction of sp³-hybridized carbons (Fsp3) is 0.684. The molecule has 2 nitrogen and oxygen atoms in total. The van der Waals surface area contributed by atoms with Crippen LogP contribution in [0.4, 0.5) is 0 Å². The standard InChI is InChI=1S/C19H32N2/c1-16(2)20-14-18-8-7-12-21(15-18)13-11-17(3)19-9-5-4-6-10-19/h4-6,9-10,16-18,20H,7-8,11-15H2,1-3H3. The van der Waals surface area contributed by atoms with E-state index < -0.39 is 0 Å². The third-order valence-electron chi connectivity index (χ3n) is 4.66. The van der Waals surface area contributed by atoms with Gasteiger partial charge in [0.15, 0.2) is 0 Å². The molecule has 1 heterocycles. The van der Waals surface area contributed by atoms with Crippen LogP contribution >= 0.6 is 0 Å². The summed E-state index contributed by atoms with van der Waals surface area (Å²) >= 11 is 0. The second-order valence-electron chi connectivity index (χ2n) is 6.97. The molecule has 21 heavy (non-hydrogen) atoms. The SMILES string of the molecule is CC(C)NCC1CCCN(CCC(C)c2ccccc2)C1. The highest BCUT2D eigenvalue weighted by Crippen LogP contribution is 2.21.